The number of hydrogen-bond donors (Lipinski definition) is 2. The van der Waals surface area contributed by atoms with E-state index in [1.54, 1.807) is 4.90 Å². The Morgan fingerprint density at radius 3 is 2.31 bits per heavy atom. The number of aliphatic carboxylic acids is 1. The van der Waals surface area contributed by atoms with Crippen molar-refractivity contribution in [1.29, 1.82) is 0 Å². The van der Waals surface area contributed by atoms with Gasteiger partial charge in [0.15, 0.2) is 0 Å². The zero-order valence-electron chi connectivity index (χ0n) is 16.7. The van der Waals surface area contributed by atoms with Crippen LogP contribution in [0, 0.1) is 12.8 Å². The number of benzene rings is 2. The van der Waals surface area contributed by atoms with Crippen LogP contribution in [0.5, 0.6) is 0 Å². The lowest BCUT2D eigenvalue weighted by Gasteiger charge is -2.22. The van der Waals surface area contributed by atoms with Crippen molar-refractivity contribution in [1.82, 2.24) is 10.2 Å². The maximum Gasteiger partial charge on any atom is 0.308 e. The van der Waals surface area contributed by atoms with Gasteiger partial charge in [0.2, 0.25) is 11.8 Å². The molecule has 1 saturated heterocycles. The number of aryl methyl sites for hydroxylation is 1. The summed E-state index contributed by atoms with van der Waals surface area (Å²) in [6.45, 7) is 3.94. The molecule has 152 valence electrons. The summed E-state index contributed by atoms with van der Waals surface area (Å²) in [6.07, 6.45) is 0.0937. The molecule has 2 amide bonds. The first-order valence-corrected chi connectivity index (χ1v) is 9.74. The third kappa shape index (κ3) is 5.02. The normalized spacial score (nSPS) is 19.6. The summed E-state index contributed by atoms with van der Waals surface area (Å²) in [7, 11) is 0. The molecule has 1 aliphatic rings. The number of hydrogen-bond acceptors (Lipinski definition) is 3. The maximum absolute atomic E-state index is 13.0. The van der Waals surface area contributed by atoms with E-state index in [1.807, 2.05) is 61.5 Å². The molecule has 6 heteroatoms. The van der Waals surface area contributed by atoms with Crippen LogP contribution in [0.15, 0.2) is 54.6 Å². The zero-order valence-corrected chi connectivity index (χ0v) is 16.7. The van der Waals surface area contributed by atoms with Crippen LogP contribution in [-0.2, 0) is 14.4 Å². The van der Waals surface area contributed by atoms with Crippen LogP contribution in [0.25, 0.3) is 0 Å². The van der Waals surface area contributed by atoms with Crippen molar-refractivity contribution in [2.45, 2.75) is 32.2 Å². The monoisotopic (exact) mass is 394 g/mol. The first-order valence-electron chi connectivity index (χ1n) is 9.74. The minimum Gasteiger partial charge on any atom is -0.481 e. The summed E-state index contributed by atoms with van der Waals surface area (Å²) in [6, 6.07) is 16.7. The van der Waals surface area contributed by atoms with Crippen LogP contribution in [0.2, 0.25) is 0 Å². The fourth-order valence-corrected chi connectivity index (χ4v) is 3.90. The quantitative estimate of drug-likeness (QED) is 0.789. The van der Waals surface area contributed by atoms with E-state index < -0.39 is 17.9 Å². The number of nitrogens with one attached hydrogen (secondary N) is 1. The smallest absolute Gasteiger partial charge is 0.308 e. The molecule has 2 N–H and O–H groups in total. The molecule has 2 aromatic carbocycles. The molecule has 3 unspecified atom stereocenters. The van der Waals surface area contributed by atoms with Gasteiger partial charge in [0.05, 0.1) is 18.4 Å². The highest BCUT2D eigenvalue weighted by molar-refractivity contribution is 5.81. The summed E-state index contributed by atoms with van der Waals surface area (Å²) in [5.41, 5.74) is 2.87. The van der Waals surface area contributed by atoms with E-state index in [4.69, 9.17) is 0 Å². The molecule has 1 aliphatic heterocycles. The molecule has 0 spiro atoms. The van der Waals surface area contributed by atoms with Gasteiger partial charge in [-0.15, -0.1) is 0 Å². The minimum absolute atomic E-state index is 0.0937. The van der Waals surface area contributed by atoms with Gasteiger partial charge in [-0.1, -0.05) is 60.2 Å². The van der Waals surface area contributed by atoms with Crippen LogP contribution in [0.1, 0.15) is 42.0 Å². The third-order valence-electron chi connectivity index (χ3n) is 5.45. The number of carbonyl (C=O) groups is 3. The Morgan fingerprint density at radius 2 is 1.72 bits per heavy atom. The second-order valence-electron chi connectivity index (χ2n) is 7.63. The van der Waals surface area contributed by atoms with Crippen molar-refractivity contribution in [3.05, 3.63) is 71.3 Å². The van der Waals surface area contributed by atoms with Crippen LogP contribution in [-0.4, -0.2) is 40.9 Å². The molecule has 29 heavy (non-hydrogen) atoms. The Labute approximate surface area is 170 Å². The van der Waals surface area contributed by atoms with Gasteiger partial charge in [-0.3, -0.25) is 14.4 Å². The highest BCUT2D eigenvalue weighted by Gasteiger charge is 2.40. The van der Waals surface area contributed by atoms with E-state index in [1.165, 1.54) is 6.92 Å². The Kier molecular flexibility index (Phi) is 6.32. The number of carboxylic acid groups (broad SMARTS) is 1. The Balaban J connectivity index is 1.76. The molecule has 0 aliphatic carbocycles. The van der Waals surface area contributed by atoms with Gasteiger partial charge in [0.1, 0.15) is 0 Å². The van der Waals surface area contributed by atoms with E-state index in [9.17, 15) is 19.5 Å². The number of carboxylic acids is 1. The molecule has 3 atom stereocenters. The Hall–Kier alpha value is -3.15. The van der Waals surface area contributed by atoms with Gasteiger partial charge in [-0.2, -0.15) is 0 Å². The van der Waals surface area contributed by atoms with Crippen molar-refractivity contribution >= 4 is 17.8 Å². The second-order valence-corrected chi connectivity index (χ2v) is 7.63. The predicted octanol–water partition coefficient (Wildman–Crippen LogP) is 2.89. The first-order chi connectivity index (χ1) is 13.8. The van der Waals surface area contributed by atoms with Gasteiger partial charge >= 0.3 is 5.97 Å². The molecule has 0 bridgehead atoms. The van der Waals surface area contributed by atoms with Crippen molar-refractivity contribution < 1.29 is 19.5 Å². The molecule has 0 aromatic heterocycles. The number of amides is 2. The van der Waals surface area contributed by atoms with Gasteiger partial charge in [-0.05, 0) is 18.1 Å². The highest BCUT2D eigenvalue weighted by Crippen LogP contribution is 2.34. The number of likely N-dealkylation sites (tertiary alicyclic amines) is 1. The molecule has 0 saturated carbocycles. The van der Waals surface area contributed by atoms with Gasteiger partial charge in [0.25, 0.3) is 0 Å². The first kappa shape index (κ1) is 20.6. The standard InChI is InChI=1S/C23H26N2O4/c1-15-8-10-18(11-9-15)21(24-16(2)26)12-22(27)25-13-19(20(14-25)23(28)29)17-6-4-3-5-7-17/h3-11,19-21H,12-14H2,1-2H3,(H,24,26)(H,28,29). The molecule has 1 fully saturated rings. The fraction of sp³-hybridized carbons (Fsp3) is 0.348. The van der Waals surface area contributed by atoms with Crippen LogP contribution in [0.3, 0.4) is 0 Å². The molecule has 6 nitrogen and oxygen atoms in total. The number of carbonyl (C=O) groups excluding carboxylic acids is 2. The third-order valence-corrected chi connectivity index (χ3v) is 5.45. The molecular weight excluding hydrogens is 368 g/mol. The Bertz CT molecular complexity index is 880. The lowest BCUT2D eigenvalue weighted by atomic mass is 9.89. The van der Waals surface area contributed by atoms with Crippen LogP contribution < -0.4 is 5.32 Å². The fourth-order valence-electron chi connectivity index (χ4n) is 3.90. The topological polar surface area (TPSA) is 86.7 Å². The Morgan fingerprint density at radius 1 is 1.07 bits per heavy atom. The van der Waals surface area contributed by atoms with Crippen molar-refractivity contribution in [3.63, 3.8) is 0 Å². The van der Waals surface area contributed by atoms with Crippen LogP contribution >= 0.6 is 0 Å². The maximum atomic E-state index is 13.0. The average Bonchev–Trinajstić information content (AvgIpc) is 3.14. The largest absolute Gasteiger partial charge is 0.481 e. The van der Waals surface area contributed by atoms with Gasteiger partial charge in [-0.25, -0.2) is 0 Å². The molecular formula is C23H26N2O4. The van der Waals surface area contributed by atoms with E-state index in [2.05, 4.69) is 5.32 Å². The minimum atomic E-state index is -0.897. The van der Waals surface area contributed by atoms with Gasteiger partial charge in [0, 0.05) is 25.9 Å². The van der Waals surface area contributed by atoms with Crippen molar-refractivity contribution in [2.24, 2.45) is 5.92 Å². The summed E-state index contributed by atoms with van der Waals surface area (Å²) < 4.78 is 0. The SMILES string of the molecule is CC(=O)NC(CC(=O)N1CC(C(=O)O)C(c2ccccc2)C1)c1ccc(C)cc1. The second kappa shape index (κ2) is 8.90. The molecule has 2 aromatic rings. The molecule has 3 rings (SSSR count). The summed E-state index contributed by atoms with van der Waals surface area (Å²) in [4.78, 5) is 38.1. The predicted molar refractivity (Wildman–Crippen MR) is 109 cm³/mol. The lowest BCUT2D eigenvalue weighted by molar-refractivity contribution is -0.141. The van der Waals surface area contributed by atoms with E-state index in [-0.39, 0.29) is 30.7 Å². The summed E-state index contributed by atoms with van der Waals surface area (Å²) in [5, 5.41) is 12.5. The van der Waals surface area contributed by atoms with E-state index in [0.29, 0.717) is 6.54 Å². The zero-order chi connectivity index (χ0) is 21.0. The van der Waals surface area contributed by atoms with Crippen molar-refractivity contribution in [3.8, 4) is 0 Å². The summed E-state index contributed by atoms with van der Waals surface area (Å²) >= 11 is 0. The lowest BCUT2D eigenvalue weighted by Crippen LogP contribution is -2.35. The molecule has 1 heterocycles. The average molecular weight is 394 g/mol. The summed E-state index contributed by atoms with van der Waals surface area (Å²) in [5.74, 6) is -2.15. The van der Waals surface area contributed by atoms with Gasteiger partial charge < -0.3 is 15.3 Å². The molecule has 0 radical (unpaired) electrons. The van der Waals surface area contributed by atoms with E-state index >= 15 is 0 Å². The van der Waals surface area contributed by atoms with Crippen molar-refractivity contribution in [2.75, 3.05) is 13.1 Å². The van der Waals surface area contributed by atoms with Crippen LogP contribution in [0.4, 0.5) is 0 Å². The number of nitrogens with zero attached hydrogens (tertiary/aromatic N) is 1. The van der Waals surface area contributed by atoms with E-state index in [0.717, 1.165) is 16.7 Å². The highest BCUT2D eigenvalue weighted by atomic mass is 16.4. The number of rotatable bonds is 6.